The first kappa shape index (κ1) is 42.9. The van der Waals surface area contributed by atoms with E-state index in [1.807, 2.05) is 0 Å². The Kier molecular flexibility index (Phi) is 10.5. The number of nitrogens with zero attached hydrogens (tertiary/aromatic N) is 4. The molecule has 14 aromatic rings. The standard InChI is InChI=1S/C70H48N4/c1-5-21-49(22-6-1)58-45-46-69(72(52-27-11-4-12-28-52)54-39-43-56(44-40-54)74-67-35-19-15-31-61(67)62-32-16-20-36-68(62)74)64-48-57(47-63(70(58)64)50-23-7-2-8-24-50)71(51-25-9-3-10-26-51)53-37-41-55(42-38-53)73-65-33-17-13-29-59(65)60-30-14-18-34-66(60)73/h1-48H. The molecule has 0 spiro atoms. The highest BCUT2D eigenvalue weighted by atomic mass is 15.2. The van der Waals surface area contributed by atoms with Crippen LogP contribution in [0, 0.1) is 0 Å². The number of benzene rings is 12. The molecule has 74 heavy (non-hydrogen) atoms. The second-order valence-electron chi connectivity index (χ2n) is 18.9. The van der Waals surface area contributed by atoms with Crippen LogP contribution in [0.5, 0.6) is 0 Å². The summed E-state index contributed by atoms with van der Waals surface area (Å²) in [4.78, 5) is 4.84. The van der Waals surface area contributed by atoms with E-state index >= 15 is 0 Å². The Hall–Kier alpha value is -9.90. The summed E-state index contributed by atoms with van der Waals surface area (Å²) < 4.78 is 4.77. The number of para-hydroxylation sites is 6. The lowest BCUT2D eigenvalue weighted by Gasteiger charge is -2.31. The second kappa shape index (κ2) is 18.1. The van der Waals surface area contributed by atoms with E-state index in [2.05, 4.69) is 310 Å². The van der Waals surface area contributed by atoms with Gasteiger partial charge in [0.25, 0.3) is 0 Å². The maximum absolute atomic E-state index is 2.43. The highest BCUT2D eigenvalue weighted by Crippen LogP contribution is 2.49. The fourth-order valence-electron chi connectivity index (χ4n) is 11.4. The lowest BCUT2D eigenvalue weighted by molar-refractivity contribution is 1.17. The fraction of sp³-hybridized carbons (Fsp3) is 0. The molecule has 0 N–H and O–H groups in total. The minimum Gasteiger partial charge on any atom is -0.310 e. The van der Waals surface area contributed by atoms with Gasteiger partial charge in [0.15, 0.2) is 0 Å². The molecule has 0 amide bonds. The smallest absolute Gasteiger partial charge is 0.0541 e. The van der Waals surface area contributed by atoms with Crippen LogP contribution in [0.15, 0.2) is 291 Å². The van der Waals surface area contributed by atoms with Gasteiger partial charge in [-0.3, -0.25) is 0 Å². The van der Waals surface area contributed by atoms with Crippen LogP contribution in [0.4, 0.5) is 34.1 Å². The number of aromatic nitrogens is 2. The van der Waals surface area contributed by atoms with Crippen LogP contribution in [-0.4, -0.2) is 9.13 Å². The third-order valence-corrected chi connectivity index (χ3v) is 14.7. The molecule has 4 nitrogen and oxygen atoms in total. The zero-order valence-corrected chi connectivity index (χ0v) is 40.5. The largest absolute Gasteiger partial charge is 0.310 e. The van der Waals surface area contributed by atoms with Crippen LogP contribution >= 0.6 is 0 Å². The summed E-state index contributed by atoms with van der Waals surface area (Å²) in [5.74, 6) is 0. The van der Waals surface area contributed by atoms with Crippen molar-refractivity contribution in [3.05, 3.63) is 291 Å². The normalized spacial score (nSPS) is 11.5. The first-order chi connectivity index (χ1) is 36.7. The molecular weight excluding hydrogens is 897 g/mol. The van der Waals surface area contributed by atoms with Gasteiger partial charge in [-0.15, -0.1) is 0 Å². The van der Waals surface area contributed by atoms with Gasteiger partial charge in [-0.05, 0) is 143 Å². The summed E-state index contributed by atoms with van der Waals surface area (Å²) in [5.41, 5.74) is 18.0. The monoisotopic (exact) mass is 944 g/mol. The van der Waals surface area contributed by atoms with Crippen LogP contribution in [0.25, 0.3) is 88.0 Å². The van der Waals surface area contributed by atoms with E-state index in [1.54, 1.807) is 0 Å². The van der Waals surface area contributed by atoms with Crippen molar-refractivity contribution in [2.75, 3.05) is 9.80 Å². The molecule has 0 radical (unpaired) electrons. The van der Waals surface area contributed by atoms with Gasteiger partial charge in [0.05, 0.1) is 27.8 Å². The summed E-state index contributed by atoms with van der Waals surface area (Å²) in [6.07, 6.45) is 0. The lowest BCUT2D eigenvalue weighted by Crippen LogP contribution is -2.13. The Morgan fingerprint density at radius 1 is 0.230 bits per heavy atom. The quantitative estimate of drug-likeness (QED) is 0.136. The van der Waals surface area contributed by atoms with E-state index in [1.165, 1.54) is 54.6 Å². The molecule has 0 bridgehead atoms. The van der Waals surface area contributed by atoms with Gasteiger partial charge < -0.3 is 18.9 Å². The highest BCUT2D eigenvalue weighted by Gasteiger charge is 2.24. The van der Waals surface area contributed by atoms with Crippen molar-refractivity contribution in [2.24, 2.45) is 0 Å². The van der Waals surface area contributed by atoms with Gasteiger partial charge in [0.2, 0.25) is 0 Å². The Bertz CT molecular complexity index is 4230. The molecule has 4 heteroatoms. The Balaban J connectivity index is 1.00. The van der Waals surface area contributed by atoms with Gasteiger partial charge in [0, 0.05) is 66.7 Å². The van der Waals surface area contributed by atoms with Crippen molar-refractivity contribution in [3.8, 4) is 33.6 Å². The summed E-state index contributed by atoms with van der Waals surface area (Å²) in [6, 6.07) is 106. The van der Waals surface area contributed by atoms with Crippen molar-refractivity contribution in [3.63, 3.8) is 0 Å². The molecule has 14 rings (SSSR count). The van der Waals surface area contributed by atoms with E-state index in [4.69, 9.17) is 0 Å². The minimum absolute atomic E-state index is 1.05. The van der Waals surface area contributed by atoms with Crippen LogP contribution < -0.4 is 9.80 Å². The van der Waals surface area contributed by atoms with Gasteiger partial charge in [0.1, 0.15) is 0 Å². The molecule has 348 valence electrons. The SMILES string of the molecule is c1ccc(-c2ccc(N(c3ccccc3)c3ccc(-n4c5ccccc5c5ccccc54)cc3)c3cc(N(c4ccccc4)c4ccc(-n5c6ccccc6c6ccccc65)cc4)cc(-c4ccccc4)c23)cc1. The molecule has 0 unspecified atom stereocenters. The van der Waals surface area contributed by atoms with Crippen molar-refractivity contribution < 1.29 is 0 Å². The van der Waals surface area contributed by atoms with Crippen molar-refractivity contribution in [1.82, 2.24) is 9.13 Å². The van der Waals surface area contributed by atoms with Gasteiger partial charge in [-0.2, -0.15) is 0 Å². The topological polar surface area (TPSA) is 16.3 Å². The van der Waals surface area contributed by atoms with Crippen molar-refractivity contribution in [1.29, 1.82) is 0 Å². The third kappa shape index (κ3) is 7.23. The average Bonchev–Trinajstić information content (AvgIpc) is 4.01. The van der Waals surface area contributed by atoms with Crippen molar-refractivity contribution in [2.45, 2.75) is 0 Å². The maximum Gasteiger partial charge on any atom is 0.0541 e. The lowest BCUT2D eigenvalue weighted by atomic mass is 9.89. The van der Waals surface area contributed by atoms with Crippen LogP contribution in [0.2, 0.25) is 0 Å². The summed E-state index contributed by atoms with van der Waals surface area (Å²) >= 11 is 0. The molecule has 0 saturated heterocycles. The van der Waals surface area contributed by atoms with Gasteiger partial charge in [-0.25, -0.2) is 0 Å². The summed E-state index contributed by atoms with van der Waals surface area (Å²) in [7, 11) is 0. The summed E-state index contributed by atoms with van der Waals surface area (Å²) in [5, 5.41) is 7.30. The first-order valence-corrected chi connectivity index (χ1v) is 25.3. The maximum atomic E-state index is 2.43. The highest BCUT2D eigenvalue weighted by molar-refractivity contribution is 6.15. The fourth-order valence-corrected chi connectivity index (χ4v) is 11.4. The van der Waals surface area contributed by atoms with E-state index in [-0.39, 0.29) is 0 Å². The molecule has 0 fully saturated rings. The van der Waals surface area contributed by atoms with Gasteiger partial charge in [-0.1, -0.05) is 176 Å². The number of fused-ring (bicyclic) bond motifs is 7. The van der Waals surface area contributed by atoms with E-state index in [9.17, 15) is 0 Å². The average molecular weight is 945 g/mol. The molecule has 12 aromatic carbocycles. The molecule has 2 aromatic heterocycles. The molecule has 2 heterocycles. The Morgan fingerprint density at radius 3 is 1.03 bits per heavy atom. The predicted molar refractivity (Wildman–Crippen MR) is 313 cm³/mol. The molecule has 0 saturated carbocycles. The zero-order valence-electron chi connectivity index (χ0n) is 40.5. The Morgan fingerprint density at radius 2 is 0.581 bits per heavy atom. The van der Waals surface area contributed by atoms with Crippen LogP contribution in [-0.2, 0) is 0 Å². The van der Waals surface area contributed by atoms with Crippen molar-refractivity contribution >= 4 is 88.5 Å². The molecule has 0 atom stereocenters. The molecule has 0 aliphatic heterocycles. The number of rotatable bonds is 10. The number of hydrogen-bond acceptors (Lipinski definition) is 2. The first-order valence-electron chi connectivity index (χ1n) is 25.3. The molecule has 0 aliphatic carbocycles. The van der Waals surface area contributed by atoms with Crippen LogP contribution in [0.1, 0.15) is 0 Å². The zero-order chi connectivity index (χ0) is 49.0. The summed E-state index contributed by atoms with van der Waals surface area (Å²) in [6.45, 7) is 0. The number of anilines is 6. The van der Waals surface area contributed by atoms with E-state index in [0.717, 1.165) is 67.6 Å². The Labute approximate surface area is 430 Å². The molecular formula is C70H48N4. The van der Waals surface area contributed by atoms with E-state index in [0.29, 0.717) is 0 Å². The van der Waals surface area contributed by atoms with Crippen LogP contribution in [0.3, 0.4) is 0 Å². The minimum atomic E-state index is 1.05. The second-order valence-corrected chi connectivity index (χ2v) is 18.9. The predicted octanol–water partition coefficient (Wildman–Crippen LogP) is 19.3. The number of hydrogen-bond donors (Lipinski definition) is 0. The molecule has 0 aliphatic rings. The third-order valence-electron chi connectivity index (χ3n) is 14.7. The van der Waals surface area contributed by atoms with E-state index < -0.39 is 0 Å². The van der Waals surface area contributed by atoms with Gasteiger partial charge >= 0.3 is 0 Å².